The smallest absolute Gasteiger partial charge is 0.322 e. The topological polar surface area (TPSA) is 81.2 Å². The molecule has 0 atom stereocenters. The Morgan fingerprint density at radius 1 is 1.05 bits per heavy atom. The van der Waals surface area contributed by atoms with Crippen LogP contribution in [0.4, 0.5) is 6.01 Å². The van der Waals surface area contributed by atoms with E-state index >= 15 is 0 Å². The summed E-state index contributed by atoms with van der Waals surface area (Å²) in [5.41, 5.74) is 0.514. The number of rotatable bonds is 3. The molecule has 3 rings (SSSR count). The number of carbonyl (C=O) groups excluding carboxylic acids is 1. The van der Waals surface area contributed by atoms with Gasteiger partial charge in [0.2, 0.25) is 0 Å². The maximum atomic E-state index is 11.8. The van der Waals surface area contributed by atoms with Gasteiger partial charge in [0.1, 0.15) is 0 Å². The molecule has 0 bridgehead atoms. The first-order chi connectivity index (χ1) is 9.33. The molecule has 1 N–H and O–H groups in total. The standard InChI is InChI=1S/C13H9N3O3/c17-11(9-5-2-1-3-6-9)14-13-16-15-12(19-13)10-7-4-8-18-10/h1-8H,(H,14,16,17). The third-order valence-corrected chi connectivity index (χ3v) is 2.41. The van der Waals surface area contributed by atoms with Gasteiger partial charge in [-0.25, -0.2) is 0 Å². The number of nitrogens with zero attached hydrogens (tertiary/aromatic N) is 2. The Balaban J connectivity index is 1.76. The molecule has 0 saturated heterocycles. The fraction of sp³-hybridized carbons (Fsp3) is 0. The molecule has 0 unspecified atom stereocenters. The fourth-order valence-electron chi connectivity index (χ4n) is 1.53. The van der Waals surface area contributed by atoms with Crippen molar-refractivity contribution in [1.29, 1.82) is 0 Å². The van der Waals surface area contributed by atoms with E-state index in [0.717, 1.165) is 0 Å². The monoisotopic (exact) mass is 255 g/mol. The third-order valence-electron chi connectivity index (χ3n) is 2.41. The van der Waals surface area contributed by atoms with Gasteiger partial charge in [0.05, 0.1) is 6.26 Å². The highest BCUT2D eigenvalue weighted by molar-refractivity contribution is 6.03. The van der Waals surface area contributed by atoms with E-state index in [4.69, 9.17) is 8.83 Å². The second kappa shape index (κ2) is 4.77. The van der Waals surface area contributed by atoms with Gasteiger partial charge in [-0.1, -0.05) is 23.3 Å². The number of nitrogens with one attached hydrogen (secondary N) is 1. The highest BCUT2D eigenvalue weighted by Gasteiger charge is 2.13. The van der Waals surface area contributed by atoms with Crippen molar-refractivity contribution in [2.24, 2.45) is 0 Å². The zero-order valence-electron chi connectivity index (χ0n) is 9.74. The highest BCUT2D eigenvalue weighted by atomic mass is 16.4. The molecular weight excluding hydrogens is 246 g/mol. The summed E-state index contributed by atoms with van der Waals surface area (Å²) in [6.07, 6.45) is 1.50. The number of carbonyl (C=O) groups is 1. The molecule has 0 aliphatic rings. The maximum Gasteiger partial charge on any atom is 0.322 e. The van der Waals surface area contributed by atoms with Gasteiger partial charge in [0.25, 0.3) is 11.8 Å². The third kappa shape index (κ3) is 2.37. The molecule has 1 aromatic carbocycles. The number of amides is 1. The molecule has 0 fully saturated rings. The van der Waals surface area contributed by atoms with Gasteiger partial charge in [-0.3, -0.25) is 10.1 Å². The number of hydrogen-bond acceptors (Lipinski definition) is 5. The van der Waals surface area contributed by atoms with E-state index in [0.29, 0.717) is 11.3 Å². The SMILES string of the molecule is O=C(Nc1nnc(-c2ccco2)o1)c1ccccc1. The predicted molar refractivity (Wildman–Crippen MR) is 66.4 cm³/mol. The van der Waals surface area contributed by atoms with Crippen molar-refractivity contribution < 1.29 is 13.6 Å². The van der Waals surface area contributed by atoms with Crippen LogP contribution >= 0.6 is 0 Å². The van der Waals surface area contributed by atoms with Gasteiger partial charge >= 0.3 is 6.01 Å². The van der Waals surface area contributed by atoms with Gasteiger partial charge in [-0.2, -0.15) is 0 Å². The van der Waals surface area contributed by atoms with Crippen LogP contribution in [0.2, 0.25) is 0 Å². The van der Waals surface area contributed by atoms with Crippen LogP contribution in [-0.2, 0) is 0 Å². The summed E-state index contributed by atoms with van der Waals surface area (Å²) < 4.78 is 10.4. The number of benzene rings is 1. The van der Waals surface area contributed by atoms with E-state index < -0.39 is 0 Å². The van der Waals surface area contributed by atoms with Crippen LogP contribution in [0.15, 0.2) is 57.6 Å². The fourth-order valence-corrected chi connectivity index (χ4v) is 1.53. The lowest BCUT2D eigenvalue weighted by molar-refractivity contribution is 0.102. The summed E-state index contributed by atoms with van der Waals surface area (Å²) in [6, 6.07) is 12.2. The van der Waals surface area contributed by atoms with Crippen LogP contribution in [0.1, 0.15) is 10.4 Å². The molecule has 2 heterocycles. The lowest BCUT2D eigenvalue weighted by atomic mass is 10.2. The molecule has 2 aromatic heterocycles. The zero-order valence-corrected chi connectivity index (χ0v) is 9.74. The Bertz CT molecular complexity index is 674. The molecule has 0 radical (unpaired) electrons. The Hall–Kier alpha value is -2.89. The quantitative estimate of drug-likeness (QED) is 0.777. The van der Waals surface area contributed by atoms with E-state index in [1.54, 1.807) is 36.4 Å². The normalized spacial score (nSPS) is 10.3. The van der Waals surface area contributed by atoms with E-state index in [-0.39, 0.29) is 17.8 Å². The minimum absolute atomic E-state index is 0.0280. The van der Waals surface area contributed by atoms with Crippen LogP contribution in [0.25, 0.3) is 11.7 Å². The minimum Gasteiger partial charge on any atom is -0.459 e. The molecule has 0 aliphatic carbocycles. The Morgan fingerprint density at radius 3 is 2.63 bits per heavy atom. The second-order valence-electron chi connectivity index (χ2n) is 3.71. The molecule has 94 valence electrons. The van der Waals surface area contributed by atoms with Crippen molar-refractivity contribution in [2.75, 3.05) is 5.32 Å². The lowest BCUT2D eigenvalue weighted by Gasteiger charge is -1.98. The summed E-state index contributed by atoms with van der Waals surface area (Å²) in [4.78, 5) is 11.8. The first kappa shape index (κ1) is 11.2. The molecular formula is C13H9N3O3. The summed E-state index contributed by atoms with van der Waals surface area (Å²) >= 11 is 0. The highest BCUT2D eigenvalue weighted by Crippen LogP contribution is 2.20. The molecule has 1 amide bonds. The van der Waals surface area contributed by atoms with Gasteiger partial charge in [0, 0.05) is 5.56 Å². The number of aromatic nitrogens is 2. The Labute approximate surface area is 108 Å². The molecule has 0 aliphatic heterocycles. The van der Waals surface area contributed by atoms with Crippen LogP contribution in [0, 0.1) is 0 Å². The lowest BCUT2D eigenvalue weighted by Crippen LogP contribution is -2.11. The van der Waals surface area contributed by atoms with Crippen molar-refractivity contribution in [1.82, 2.24) is 10.2 Å². The van der Waals surface area contributed by atoms with Crippen molar-refractivity contribution in [3.63, 3.8) is 0 Å². The second-order valence-corrected chi connectivity index (χ2v) is 3.71. The van der Waals surface area contributed by atoms with Crippen LogP contribution in [-0.4, -0.2) is 16.1 Å². The van der Waals surface area contributed by atoms with Gasteiger partial charge in [-0.15, -0.1) is 5.10 Å². The maximum absolute atomic E-state index is 11.8. The van der Waals surface area contributed by atoms with Crippen LogP contribution in [0.5, 0.6) is 0 Å². The van der Waals surface area contributed by atoms with Gasteiger partial charge in [0.15, 0.2) is 5.76 Å². The van der Waals surface area contributed by atoms with Crippen LogP contribution in [0.3, 0.4) is 0 Å². The molecule has 3 aromatic rings. The molecule has 6 nitrogen and oxygen atoms in total. The summed E-state index contributed by atoms with van der Waals surface area (Å²) in [7, 11) is 0. The largest absolute Gasteiger partial charge is 0.459 e. The van der Waals surface area contributed by atoms with E-state index in [1.807, 2.05) is 6.07 Å². The van der Waals surface area contributed by atoms with Gasteiger partial charge < -0.3 is 8.83 Å². The van der Waals surface area contributed by atoms with Crippen molar-refractivity contribution in [3.05, 3.63) is 54.3 Å². The first-order valence-electron chi connectivity index (χ1n) is 5.57. The zero-order chi connectivity index (χ0) is 13.1. The van der Waals surface area contributed by atoms with E-state index in [2.05, 4.69) is 15.5 Å². The minimum atomic E-state index is -0.310. The molecule has 0 spiro atoms. The average molecular weight is 255 g/mol. The van der Waals surface area contributed by atoms with E-state index in [1.165, 1.54) is 6.26 Å². The number of furan rings is 1. The predicted octanol–water partition coefficient (Wildman–Crippen LogP) is 2.58. The van der Waals surface area contributed by atoms with Crippen LogP contribution < -0.4 is 5.32 Å². The molecule has 19 heavy (non-hydrogen) atoms. The molecule has 0 saturated carbocycles. The van der Waals surface area contributed by atoms with E-state index in [9.17, 15) is 4.79 Å². The van der Waals surface area contributed by atoms with Gasteiger partial charge in [-0.05, 0) is 24.3 Å². The first-order valence-corrected chi connectivity index (χ1v) is 5.57. The summed E-state index contributed by atoms with van der Waals surface area (Å²) in [6.45, 7) is 0. The van der Waals surface area contributed by atoms with Crippen molar-refractivity contribution in [3.8, 4) is 11.7 Å². The average Bonchev–Trinajstić information content (AvgIpc) is 3.10. The van der Waals surface area contributed by atoms with Crippen molar-refractivity contribution in [2.45, 2.75) is 0 Å². The number of hydrogen-bond donors (Lipinski definition) is 1. The Kier molecular flexibility index (Phi) is 2.82. The summed E-state index contributed by atoms with van der Waals surface area (Å²) in [5, 5.41) is 10.0. The van der Waals surface area contributed by atoms with Crippen molar-refractivity contribution >= 4 is 11.9 Å². The Morgan fingerprint density at radius 2 is 1.89 bits per heavy atom. The number of anilines is 1. The summed E-state index contributed by atoms with van der Waals surface area (Å²) in [5.74, 6) is 0.358. The molecule has 6 heteroatoms.